The Morgan fingerprint density at radius 3 is 2.26 bits per heavy atom. The van der Waals surface area contributed by atoms with Gasteiger partial charge >= 0.3 is 5.97 Å². The van der Waals surface area contributed by atoms with Crippen LogP contribution in [0.25, 0.3) is 0 Å². The Morgan fingerprint density at radius 1 is 1.32 bits per heavy atom. The van der Waals surface area contributed by atoms with E-state index in [1.165, 1.54) is 47.1 Å². The summed E-state index contributed by atoms with van der Waals surface area (Å²) in [5.41, 5.74) is -0.838. The fraction of sp³-hybridized carbons (Fsp3) is 0.500. The molecule has 0 spiro atoms. The van der Waals surface area contributed by atoms with Crippen LogP contribution in [0.4, 0.5) is 4.39 Å². The molecule has 19 heavy (non-hydrogen) atoms. The number of benzene rings is 1. The standard InChI is InChI=1S/C14H19FO4/c1-8(13(16)17)10-6-9(14(2,3)15)7-11(18-4)12(10)19-5/h6-8H,1-5H3,(H,16,17). The van der Waals surface area contributed by atoms with E-state index in [2.05, 4.69) is 0 Å². The van der Waals surface area contributed by atoms with E-state index in [1.54, 1.807) is 0 Å². The van der Waals surface area contributed by atoms with Crippen LogP contribution in [0.1, 0.15) is 37.8 Å². The lowest BCUT2D eigenvalue weighted by molar-refractivity contribution is -0.138. The van der Waals surface area contributed by atoms with E-state index in [-0.39, 0.29) is 0 Å². The lowest BCUT2D eigenvalue weighted by Crippen LogP contribution is -2.14. The third-order valence-corrected chi connectivity index (χ3v) is 3.03. The van der Waals surface area contributed by atoms with Gasteiger partial charge in [0.05, 0.1) is 20.1 Å². The summed E-state index contributed by atoms with van der Waals surface area (Å²) >= 11 is 0. The van der Waals surface area contributed by atoms with Gasteiger partial charge in [-0.05, 0) is 38.5 Å². The quantitative estimate of drug-likeness (QED) is 0.893. The van der Waals surface area contributed by atoms with Gasteiger partial charge in [-0.2, -0.15) is 0 Å². The number of carboxylic acid groups (broad SMARTS) is 1. The maximum Gasteiger partial charge on any atom is 0.310 e. The highest BCUT2D eigenvalue weighted by Crippen LogP contribution is 2.40. The van der Waals surface area contributed by atoms with Crippen LogP contribution in [-0.2, 0) is 10.5 Å². The number of rotatable bonds is 5. The minimum absolute atomic E-state index is 0.324. The number of halogens is 1. The highest BCUT2D eigenvalue weighted by atomic mass is 19.1. The molecule has 0 amide bonds. The molecule has 0 heterocycles. The van der Waals surface area contributed by atoms with Gasteiger partial charge in [0.1, 0.15) is 5.67 Å². The lowest BCUT2D eigenvalue weighted by atomic mass is 9.92. The molecular formula is C14H19FO4. The van der Waals surface area contributed by atoms with Crippen molar-refractivity contribution in [2.24, 2.45) is 0 Å². The van der Waals surface area contributed by atoms with Crippen LogP contribution < -0.4 is 9.47 Å². The summed E-state index contributed by atoms with van der Waals surface area (Å²) in [6.45, 7) is 4.33. The second-order valence-electron chi connectivity index (χ2n) is 4.83. The van der Waals surface area contributed by atoms with E-state index >= 15 is 0 Å². The number of carboxylic acids is 1. The van der Waals surface area contributed by atoms with Gasteiger partial charge in [-0.1, -0.05) is 0 Å². The number of alkyl halides is 1. The lowest BCUT2D eigenvalue weighted by Gasteiger charge is -2.21. The van der Waals surface area contributed by atoms with Crippen molar-refractivity contribution in [3.8, 4) is 11.5 Å². The fourth-order valence-corrected chi connectivity index (χ4v) is 1.79. The van der Waals surface area contributed by atoms with E-state index in [4.69, 9.17) is 14.6 Å². The normalized spacial score (nSPS) is 12.9. The zero-order valence-corrected chi connectivity index (χ0v) is 11.8. The molecule has 1 aromatic rings. The minimum Gasteiger partial charge on any atom is -0.493 e. The summed E-state index contributed by atoms with van der Waals surface area (Å²) in [5.74, 6) is -1.17. The molecule has 1 aromatic carbocycles. The summed E-state index contributed by atoms with van der Waals surface area (Å²) in [6, 6.07) is 3.04. The largest absolute Gasteiger partial charge is 0.493 e. The minimum atomic E-state index is -1.59. The Kier molecular flexibility index (Phi) is 4.39. The van der Waals surface area contributed by atoms with Gasteiger partial charge in [-0.25, -0.2) is 4.39 Å². The number of hydrogen-bond acceptors (Lipinski definition) is 3. The summed E-state index contributed by atoms with van der Waals surface area (Å²) < 4.78 is 24.4. The van der Waals surface area contributed by atoms with Gasteiger partial charge in [-0.15, -0.1) is 0 Å². The molecule has 106 valence electrons. The van der Waals surface area contributed by atoms with Crippen LogP contribution in [0.5, 0.6) is 11.5 Å². The van der Waals surface area contributed by atoms with Crippen LogP contribution in [0.3, 0.4) is 0 Å². The molecule has 1 atom stereocenters. The first kappa shape index (κ1) is 15.3. The maximum atomic E-state index is 14.1. The van der Waals surface area contributed by atoms with E-state index in [9.17, 15) is 9.18 Å². The van der Waals surface area contributed by atoms with Crippen LogP contribution >= 0.6 is 0 Å². The molecule has 1 N–H and O–H groups in total. The van der Waals surface area contributed by atoms with Crippen molar-refractivity contribution in [1.82, 2.24) is 0 Å². The van der Waals surface area contributed by atoms with Crippen molar-refractivity contribution in [1.29, 1.82) is 0 Å². The SMILES string of the molecule is COc1cc(C(C)(C)F)cc(C(C)C(=O)O)c1OC. The highest BCUT2D eigenvalue weighted by Gasteiger charge is 2.27. The topological polar surface area (TPSA) is 55.8 Å². The molecule has 0 fully saturated rings. The average molecular weight is 270 g/mol. The molecule has 0 saturated carbocycles. The fourth-order valence-electron chi connectivity index (χ4n) is 1.79. The Morgan fingerprint density at radius 2 is 1.89 bits per heavy atom. The predicted molar refractivity (Wildman–Crippen MR) is 69.7 cm³/mol. The van der Waals surface area contributed by atoms with Crippen molar-refractivity contribution in [2.45, 2.75) is 32.4 Å². The number of carbonyl (C=O) groups is 1. The first-order chi connectivity index (χ1) is 8.72. The van der Waals surface area contributed by atoms with Gasteiger partial charge in [0.15, 0.2) is 11.5 Å². The summed E-state index contributed by atoms with van der Waals surface area (Å²) in [4.78, 5) is 11.1. The smallest absolute Gasteiger partial charge is 0.310 e. The van der Waals surface area contributed by atoms with Crippen LogP contribution in [-0.4, -0.2) is 25.3 Å². The molecule has 5 heteroatoms. The third-order valence-electron chi connectivity index (χ3n) is 3.03. The van der Waals surface area contributed by atoms with E-state index in [1.807, 2.05) is 0 Å². The van der Waals surface area contributed by atoms with E-state index in [0.29, 0.717) is 22.6 Å². The maximum absolute atomic E-state index is 14.1. The van der Waals surface area contributed by atoms with Crippen molar-refractivity contribution in [3.05, 3.63) is 23.3 Å². The van der Waals surface area contributed by atoms with E-state index in [0.717, 1.165) is 0 Å². The molecule has 0 aliphatic carbocycles. The van der Waals surface area contributed by atoms with Crippen molar-refractivity contribution >= 4 is 5.97 Å². The number of aliphatic carboxylic acids is 1. The first-order valence-electron chi connectivity index (χ1n) is 5.90. The van der Waals surface area contributed by atoms with Gasteiger partial charge in [0.25, 0.3) is 0 Å². The Balaban J connectivity index is 3.53. The predicted octanol–water partition coefficient (Wildman–Crippen LogP) is 3.10. The van der Waals surface area contributed by atoms with Crippen molar-refractivity contribution < 1.29 is 23.8 Å². The zero-order valence-electron chi connectivity index (χ0n) is 11.8. The second kappa shape index (κ2) is 5.47. The van der Waals surface area contributed by atoms with Crippen molar-refractivity contribution in [3.63, 3.8) is 0 Å². The van der Waals surface area contributed by atoms with E-state index < -0.39 is 17.6 Å². The highest BCUT2D eigenvalue weighted by molar-refractivity contribution is 5.77. The Bertz CT molecular complexity index is 477. The van der Waals surface area contributed by atoms with Gasteiger partial charge < -0.3 is 14.6 Å². The Hall–Kier alpha value is -1.78. The molecule has 0 aliphatic heterocycles. The van der Waals surface area contributed by atoms with Gasteiger partial charge in [0.2, 0.25) is 0 Å². The third kappa shape index (κ3) is 3.16. The molecular weight excluding hydrogens is 251 g/mol. The van der Waals surface area contributed by atoms with Crippen molar-refractivity contribution in [2.75, 3.05) is 14.2 Å². The molecule has 0 saturated heterocycles. The van der Waals surface area contributed by atoms with Gasteiger partial charge in [0, 0.05) is 5.56 Å². The molecule has 0 radical (unpaired) electrons. The summed E-state index contributed by atoms with van der Waals surface area (Å²) in [6.07, 6.45) is 0. The summed E-state index contributed by atoms with van der Waals surface area (Å²) in [5, 5.41) is 9.12. The van der Waals surface area contributed by atoms with Crippen LogP contribution in [0, 0.1) is 0 Å². The van der Waals surface area contributed by atoms with Gasteiger partial charge in [-0.3, -0.25) is 4.79 Å². The number of ether oxygens (including phenoxy) is 2. The Labute approximate surface area is 112 Å². The molecule has 0 bridgehead atoms. The summed E-state index contributed by atoms with van der Waals surface area (Å²) in [7, 11) is 2.86. The van der Waals surface area contributed by atoms with Crippen LogP contribution in [0.15, 0.2) is 12.1 Å². The zero-order chi connectivity index (χ0) is 14.8. The first-order valence-corrected chi connectivity index (χ1v) is 5.90. The number of methoxy groups -OCH3 is 2. The number of hydrogen-bond donors (Lipinski definition) is 1. The van der Waals surface area contributed by atoms with Crippen LogP contribution in [0.2, 0.25) is 0 Å². The monoisotopic (exact) mass is 270 g/mol. The second-order valence-corrected chi connectivity index (χ2v) is 4.83. The molecule has 1 rings (SSSR count). The molecule has 1 unspecified atom stereocenters. The molecule has 0 aliphatic rings. The average Bonchev–Trinajstić information content (AvgIpc) is 2.34. The molecule has 4 nitrogen and oxygen atoms in total. The molecule has 0 aromatic heterocycles.